The lowest BCUT2D eigenvalue weighted by Crippen LogP contribution is -2.38. The highest BCUT2D eigenvalue weighted by molar-refractivity contribution is 7.99. The average molecular weight is 266 g/mol. The van der Waals surface area contributed by atoms with Crippen molar-refractivity contribution in [3.05, 3.63) is 17.0 Å². The molecule has 0 aromatic carbocycles. The predicted octanol–water partition coefficient (Wildman–Crippen LogP) is 1.99. The Hall–Kier alpha value is -0.970. The highest BCUT2D eigenvalue weighted by Gasteiger charge is 2.29. The molecule has 1 aromatic heterocycles. The van der Waals surface area contributed by atoms with E-state index in [1.54, 1.807) is 0 Å². The molecule has 1 aromatic rings. The van der Waals surface area contributed by atoms with Gasteiger partial charge in [0, 0.05) is 36.6 Å². The van der Waals surface area contributed by atoms with E-state index in [2.05, 4.69) is 12.1 Å². The van der Waals surface area contributed by atoms with Crippen LogP contribution in [0.5, 0.6) is 0 Å². The summed E-state index contributed by atoms with van der Waals surface area (Å²) in [6.45, 7) is 3.89. The number of nitrogens with zero attached hydrogens (tertiary/aromatic N) is 2. The van der Waals surface area contributed by atoms with E-state index in [1.807, 2.05) is 16.7 Å². The molecular weight excluding hydrogens is 248 g/mol. The van der Waals surface area contributed by atoms with Crippen LogP contribution in [0.1, 0.15) is 35.2 Å². The Morgan fingerprint density at radius 1 is 1.44 bits per heavy atom. The first kappa shape index (κ1) is 12.1. The van der Waals surface area contributed by atoms with Gasteiger partial charge in [-0.25, -0.2) is 0 Å². The van der Waals surface area contributed by atoms with Gasteiger partial charge in [0.05, 0.1) is 0 Å². The molecule has 1 atom stereocenters. The van der Waals surface area contributed by atoms with E-state index in [0.717, 1.165) is 55.2 Å². The van der Waals surface area contributed by atoms with E-state index >= 15 is 0 Å². The fraction of sp³-hybridized carbons (Fsp3) is 0.692. The van der Waals surface area contributed by atoms with E-state index in [-0.39, 0.29) is 5.91 Å². The van der Waals surface area contributed by atoms with Gasteiger partial charge in [0.15, 0.2) is 5.69 Å². The number of hydrogen-bond acceptors (Lipinski definition) is 4. The zero-order chi connectivity index (χ0) is 12.5. The maximum absolute atomic E-state index is 12.4. The van der Waals surface area contributed by atoms with Gasteiger partial charge in [-0.15, -0.1) is 0 Å². The molecule has 1 aliphatic carbocycles. The van der Waals surface area contributed by atoms with Gasteiger partial charge in [0.1, 0.15) is 5.76 Å². The number of fused-ring (bicyclic) bond motifs is 1. The first-order chi connectivity index (χ1) is 8.75. The van der Waals surface area contributed by atoms with Crippen LogP contribution in [0.2, 0.25) is 0 Å². The van der Waals surface area contributed by atoms with Crippen molar-refractivity contribution in [1.82, 2.24) is 10.1 Å². The number of aromatic nitrogens is 1. The SMILES string of the molecule is CC1CCc2onc(C(=O)N3CCSCC3)c2C1. The van der Waals surface area contributed by atoms with Crippen molar-refractivity contribution in [2.75, 3.05) is 24.6 Å². The molecule has 0 saturated carbocycles. The number of carbonyl (C=O) groups excluding carboxylic acids is 1. The smallest absolute Gasteiger partial charge is 0.276 e. The second-order valence-corrected chi connectivity index (χ2v) is 6.41. The van der Waals surface area contributed by atoms with Crippen LogP contribution < -0.4 is 0 Å². The molecule has 0 N–H and O–H groups in total. The summed E-state index contributed by atoms with van der Waals surface area (Å²) in [6.07, 6.45) is 2.99. The van der Waals surface area contributed by atoms with E-state index < -0.39 is 0 Å². The monoisotopic (exact) mass is 266 g/mol. The van der Waals surface area contributed by atoms with Crippen LogP contribution in [0.15, 0.2) is 4.52 Å². The first-order valence-corrected chi connectivity index (χ1v) is 7.75. The quantitative estimate of drug-likeness (QED) is 0.780. The van der Waals surface area contributed by atoms with E-state index in [0.29, 0.717) is 11.6 Å². The molecule has 1 unspecified atom stereocenters. The van der Waals surface area contributed by atoms with Gasteiger partial charge in [-0.1, -0.05) is 12.1 Å². The summed E-state index contributed by atoms with van der Waals surface area (Å²) < 4.78 is 5.34. The van der Waals surface area contributed by atoms with Crippen molar-refractivity contribution in [2.45, 2.75) is 26.2 Å². The predicted molar refractivity (Wildman–Crippen MR) is 70.9 cm³/mol. The molecule has 0 radical (unpaired) electrons. The van der Waals surface area contributed by atoms with Gasteiger partial charge in [-0.2, -0.15) is 11.8 Å². The standard InChI is InChI=1S/C13H18N2O2S/c1-9-2-3-11-10(8-9)12(14-17-11)13(16)15-4-6-18-7-5-15/h9H,2-8H2,1H3. The van der Waals surface area contributed by atoms with Crippen LogP contribution in [-0.4, -0.2) is 40.6 Å². The Kier molecular flexibility index (Phi) is 3.33. The fourth-order valence-corrected chi connectivity index (χ4v) is 3.57. The summed E-state index contributed by atoms with van der Waals surface area (Å²) in [4.78, 5) is 14.3. The Morgan fingerprint density at radius 2 is 2.22 bits per heavy atom. The van der Waals surface area contributed by atoms with Crippen molar-refractivity contribution in [1.29, 1.82) is 0 Å². The van der Waals surface area contributed by atoms with Gasteiger partial charge in [0.25, 0.3) is 5.91 Å². The highest BCUT2D eigenvalue weighted by Crippen LogP contribution is 2.28. The Morgan fingerprint density at radius 3 is 3.00 bits per heavy atom. The third kappa shape index (κ3) is 2.16. The minimum atomic E-state index is 0.0643. The zero-order valence-electron chi connectivity index (χ0n) is 10.6. The third-order valence-electron chi connectivity index (χ3n) is 3.79. The van der Waals surface area contributed by atoms with Crippen LogP contribution in [0.25, 0.3) is 0 Å². The molecule has 1 amide bonds. The van der Waals surface area contributed by atoms with Crippen molar-refractivity contribution >= 4 is 17.7 Å². The molecule has 1 saturated heterocycles. The summed E-state index contributed by atoms with van der Waals surface area (Å²) in [5.74, 6) is 3.68. The molecule has 3 rings (SSSR count). The molecule has 0 spiro atoms. The minimum absolute atomic E-state index is 0.0643. The van der Waals surface area contributed by atoms with Crippen LogP contribution in [0, 0.1) is 5.92 Å². The molecule has 98 valence electrons. The summed E-state index contributed by atoms with van der Waals surface area (Å²) >= 11 is 1.90. The lowest BCUT2D eigenvalue weighted by Gasteiger charge is -2.26. The second-order valence-electron chi connectivity index (χ2n) is 5.19. The molecule has 4 nitrogen and oxygen atoms in total. The largest absolute Gasteiger partial charge is 0.360 e. The van der Waals surface area contributed by atoms with Gasteiger partial charge < -0.3 is 9.42 Å². The van der Waals surface area contributed by atoms with Gasteiger partial charge >= 0.3 is 0 Å². The van der Waals surface area contributed by atoms with E-state index in [4.69, 9.17) is 4.52 Å². The maximum Gasteiger partial charge on any atom is 0.276 e. The van der Waals surface area contributed by atoms with Gasteiger partial charge in [0.2, 0.25) is 0 Å². The molecular formula is C13H18N2O2S. The molecule has 1 fully saturated rings. The van der Waals surface area contributed by atoms with Crippen molar-refractivity contribution in [3.63, 3.8) is 0 Å². The lowest BCUT2D eigenvalue weighted by atomic mass is 9.88. The van der Waals surface area contributed by atoms with Crippen molar-refractivity contribution in [2.24, 2.45) is 5.92 Å². The Bertz CT molecular complexity index is 452. The molecule has 2 aliphatic rings. The highest BCUT2D eigenvalue weighted by atomic mass is 32.2. The first-order valence-electron chi connectivity index (χ1n) is 6.60. The van der Waals surface area contributed by atoms with Crippen LogP contribution in [-0.2, 0) is 12.8 Å². The second kappa shape index (κ2) is 4.96. The number of rotatable bonds is 1. The summed E-state index contributed by atoms with van der Waals surface area (Å²) in [7, 11) is 0. The van der Waals surface area contributed by atoms with Crippen molar-refractivity contribution in [3.8, 4) is 0 Å². The topological polar surface area (TPSA) is 46.3 Å². The number of hydrogen-bond donors (Lipinski definition) is 0. The van der Waals surface area contributed by atoms with Gasteiger partial charge in [-0.3, -0.25) is 4.79 Å². The maximum atomic E-state index is 12.4. The number of amides is 1. The summed E-state index contributed by atoms with van der Waals surface area (Å²) in [5.41, 5.74) is 1.64. The van der Waals surface area contributed by atoms with Crippen molar-refractivity contribution < 1.29 is 9.32 Å². The van der Waals surface area contributed by atoms with Crippen LogP contribution >= 0.6 is 11.8 Å². The zero-order valence-corrected chi connectivity index (χ0v) is 11.5. The fourth-order valence-electron chi connectivity index (χ4n) is 2.66. The Balaban J connectivity index is 1.83. The third-order valence-corrected chi connectivity index (χ3v) is 4.73. The number of thioether (sulfide) groups is 1. The minimum Gasteiger partial charge on any atom is -0.360 e. The number of aryl methyl sites for hydroxylation is 1. The van der Waals surface area contributed by atoms with E-state index in [9.17, 15) is 4.79 Å². The van der Waals surface area contributed by atoms with Gasteiger partial charge in [-0.05, 0) is 18.8 Å². The lowest BCUT2D eigenvalue weighted by molar-refractivity contribution is 0.0761. The Labute approximate surface area is 111 Å². The summed E-state index contributed by atoms with van der Waals surface area (Å²) in [5, 5.41) is 4.03. The van der Waals surface area contributed by atoms with Crippen LogP contribution in [0.4, 0.5) is 0 Å². The number of carbonyl (C=O) groups is 1. The molecule has 1 aliphatic heterocycles. The molecule has 2 heterocycles. The normalized spacial score (nSPS) is 23.8. The molecule has 18 heavy (non-hydrogen) atoms. The van der Waals surface area contributed by atoms with Crippen LogP contribution in [0.3, 0.4) is 0 Å². The van der Waals surface area contributed by atoms with E-state index in [1.165, 1.54) is 0 Å². The average Bonchev–Trinajstić information content (AvgIpc) is 2.82. The molecule has 0 bridgehead atoms. The summed E-state index contributed by atoms with van der Waals surface area (Å²) in [6, 6.07) is 0. The molecule has 5 heteroatoms.